The van der Waals surface area contributed by atoms with Gasteiger partial charge in [0.25, 0.3) is 0 Å². The average Bonchev–Trinajstić information content (AvgIpc) is 2.03. The summed E-state index contributed by atoms with van der Waals surface area (Å²) >= 11 is 0. The van der Waals surface area contributed by atoms with E-state index in [1.165, 1.54) is 38.5 Å². The summed E-state index contributed by atoms with van der Waals surface area (Å²) in [4.78, 5) is 10.9. The van der Waals surface area contributed by atoms with Crippen LogP contribution in [0, 0.1) is 11.3 Å². The van der Waals surface area contributed by atoms with E-state index in [1.54, 1.807) is 0 Å². The van der Waals surface area contributed by atoms with Gasteiger partial charge in [0, 0.05) is 0 Å². The second-order valence-electron chi connectivity index (χ2n) is 4.35. The topological polar surface area (TPSA) is 37.3 Å². The van der Waals surface area contributed by atoms with Crippen LogP contribution in [-0.2, 0) is 4.79 Å². The molecule has 2 nitrogen and oxygen atoms in total. The SMILES string of the molecule is Cl.O=C(O)C1CCC12CCCCC2. The maximum Gasteiger partial charge on any atom is 0.307 e. The molecule has 76 valence electrons. The van der Waals surface area contributed by atoms with Gasteiger partial charge in [-0.25, -0.2) is 0 Å². The second-order valence-corrected chi connectivity index (χ2v) is 4.35. The number of rotatable bonds is 1. The van der Waals surface area contributed by atoms with Gasteiger partial charge in [0.1, 0.15) is 0 Å². The van der Waals surface area contributed by atoms with Crippen molar-refractivity contribution < 1.29 is 9.90 Å². The van der Waals surface area contributed by atoms with Crippen LogP contribution in [0.2, 0.25) is 0 Å². The molecular weight excluding hydrogens is 188 g/mol. The minimum Gasteiger partial charge on any atom is -0.481 e. The Bertz CT molecular complexity index is 197. The highest BCUT2D eigenvalue weighted by Crippen LogP contribution is 2.55. The van der Waals surface area contributed by atoms with Gasteiger partial charge >= 0.3 is 5.97 Å². The summed E-state index contributed by atoms with van der Waals surface area (Å²) in [6, 6.07) is 0. The number of carboxylic acid groups (broad SMARTS) is 1. The van der Waals surface area contributed by atoms with Gasteiger partial charge in [-0.15, -0.1) is 12.4 Å². The summed E-state index contributed by atoms with van der Waals surface area (Å²) in [6.07, 6.45) is 8.26. The van der Waals surface area contributed by atoms with Crippen LogP contribution in [0.3, 0.4) is 0 Å². The van der Waals surface area contributed by atoms with Crippen molar-refractivity contribution in [1.82, 2.24) is 0 Å². The van der Waals surface area contributed by atoms with Crippen molar-refractivity contribution in [3.8, 4) is 0 Å². The highest BCUT2D eigenvalue weighted by molar-refractivity contribution is 5.85. The fourth-order valence-electron chi connectivity index (χ4n) is 2.94. The van der Waals surface area contributed by atoms with Gasteiger partial charge in [-0.1, -0.05) is 19.3 Å². The van der Waals surface area contributed by atoms with E-state index in [4.69, 9.17) is 5.11 Å². The second kappa shape index (κ2) is 3.87. The molecule has 0 bridgehead atoms. The fourth-order valence-corrected chi connectivity index (χ4v) is 2.94. The van der Waals surface area contributed by atoms with Crippen LogP contribution in [0.1, 0.15) is 44.9 Å². The summed E-state index contributed by atoms with van der Waals surface area (Å²) in [5.41, 5.74) is 0.240. The lowest BCUT2D eigenvalue weighted by Gasteiger charge is -2.50. The van der Waals surface area contributed by atoms with Crippen molar-refractivity contribution in [3.63, 3.8) is 0 Å². The highest BCUT2D eigenvalue weighted by atomic mass is 35.5. The molecule has 1 atom stereocenters. The van der Waals surface area contributed by atoms with Crippen LogP contribution >= 0.6 is 12.4 Å². The van der Waals surface area contributed by atoms with Crippen molar-refractivity contribution in [2.45, 2.75) is 44.9 Å². The van der Waals surface area contributed by atoms with E-state index < -0.39 is 5.97 Å². The van der Waals surface area contributed by atoms with Crippen molar-refractivity contribution in [3.05, 3.63) is 0 Å². The molecule has 2 fully saturated rings. The van der Waals surface area contributed by atoms with Crippen LogP contribution in [0.5, 0.6) is 0 Å². The smallest absolute Gasteiger partial charge is 0.307 e. The number of carboxylic acids is 1. The van der Waals surface area contributed by atoms with E-state index in [2.05, 4.69) is 0 Å². The van der Waals surface area contributed by atoms with Crippen LogP contribution in [0.25, 0.3) is 0 Å². The first-order chi connectivity index (χ1) is 5.75. The molecule has 1 spiro atoms. The Hall–Kier alpha value is -0.240. The van der Waals surface area contributed by atoms with Crippen molar-refractivity contribution in [1.29, 1.82) is 0 Å². The molecule has 0 heterocycles. The van der Waals surface area contributed by atoms with Gasteiger partial charge in [0.15, 0.2) is 0 Å². The molecule has 0 saturated heterocycles. The van der Waals surface area contributed by atoms with Crippen LogP contribution in [0.15, 0.2) is 0 Å². The van der Waals surface area contributed by atoms with E-state index in [9.17, 15) is 4.79 Å². The highest BCUT2D eigenvalue weighted by Gasteiger charge is 2.50. The van der Waals surface area contributed by atoms with Gasteiger partial charge in [-0.3, -0.25) is 4.79 Å². The lowest BCUT2D eigenvalue weighted by atomic mass is 9.54. The molecule has 1 unspecified atom stereocenters. The number of hydrogen-bond acceptors (Lipinski definition) is 1. The number of hydrogen-bond donors (Lipinski definition) is 1. The van der Waals surface area contributed by atoms with Crippen molar-refractivity contribution >= 4 is 18.4 Å². The van der Waals surface area contributed by atoms with Crippen molar-refractivity contribution in [2.24, 2.45) is 11.3 Å². The predicted molar refractivity (Wildman–Crippen MR) is 53.1 cm³/mol. The maximum atomic E-state index is 10.9. The Kier molecular flexibility index (Phi) is 3.23. The molecule has 0 aliphatic heterocycles. The Morgan fingerprint density at radius 3 is 2.15 bits per heavy atom. The molecule has 3 heteroatoms. The molecule has 1 N–H and O–H groups in total. The van der Waals surface area contributed by atoms with Gasteiger partial charge in [0.05, 0.1) is 5.92 Å². The van der Waals surface area contributed by atoms with Gasteiger partial charge in [-0.05, 0) is 31.1 Å². The number of carbonyl (C=O) groups is 1. The van der Waals surface area contributed by atoms with E-state index in [-0.39, 0.29) is 23.7 Å². The quantitative estimate of drug-likeness (QED) is 0.713. The van der Waals surface area contributed by atoms with Gasteiger partial charge < -0.3 is 5.11 Å². The Balaban J connectivity index is 0.000000845. The molecule has 0 radical (unpaired) electrons. The molecule has 2 saturated carbocycles. The standard InChI is InChI=1S/C10H16O2.ClH/c11-9(12)8-4-7-10(8)5-2-1-3-6-10;/h8H,1-7H2,(H,11,12);1H. The maximum absolute atomic E-state index is 10.9. The summed E-state index contributed by atoms with van der Waals surface area (Å²) in [7, 11) is 0. The lowest BCUT2D eigenvalue weighted by molar-refractivity contribution is -0.156. The Labute approximate surface area is 85.1 Å². The molecule has 0 aromatic heterocycles. The third kappa shape index (κ3) is 1.69. The molecular formula is C10H17ClO2. The van der Waals surface area contributed by atoms with Crippen LogP contribution in [0.4, 0.5) is 0 Å². The molecule has 2 aliphatic rings. The lowest BCUT2D eigenvalue weighted by Crippen LogP contribution is -2.45. The van der Waals surface area contributed by atoms with Crippen molar-refractivity contribution in [2.75, 3.05) is 0 Å². The first kappa shape index (κ1) is 10.8. The summed E-state index contributed by atoms with van der Waals surface area (Å²) in [5, 5.41) is 8.95. The van der Waals surface area contributed by atoms with E-state index >= 15 is 0 Å². The summed E-state index contributed by atoms with van der Waals surface area (Å²) in [5.74, 6) is -0.555. The average molecular weight is 205 g/mol. The Morgan fingerprint density at radius 1 is 1.15 bits per heavy atom. The molecule has 2 rings (SSSR count). The fraction of sp³-hybridized carbons (Fsp3) is 0.900. The number of aliphatic carboxylic acids is 1. The van der Waals surface area contributed by atoms with E-state index in [0.29, 0.717) is 0 Å². The minimum absolute atomic E-state index is 0. The summed E-state index contributed by atoms with van der Waals surface area (Å²) < 4.78 is 0. The third-order valence-corrected chi connectivity index (χ3v) is 3.82. The molecule has 13 heavy (non-hydrogen) atoms. The predicted octanol–water partition coefficient (Wildman–Crippen LogP) is 2.85. The molecule has 0 aromatic carbocycles. The zero-order valence-electron chi connectivity index (χ0n) is 7.79. The molecule has 0 aromatic rings. The number of halogens is 1. The van der Waals surface area contributed by atoms with Gasteiger partial charge in [0.2, 0.25) is 0 Å². The first-order valence-electron chi connectivity index (χ1n) is 4.97. The third-order valence-electron chi connectivity index (χ3n) is 3.82. The van der Waals surface area contributed by atoms with Crippen LogP contribution in [-0.4, -0.2) is 11.1 Å². The van der Waals surface area contributed by atoms with Crippen LogP contribution < -0.4 is 0 Å². The normalized spacial score (nSPS) is 30.3. The molecule has 2 aliphatic carbocycles. The molecule has 0 amide bonds. The first-order valence-corrected chi connectivity index (χ1v) is 4.97. The zero-order valence-corrected chi connectivity index (χ0v) is 8.61. The van der Waals surface area contributed by atoms with E-state index in [1.807, 2.05) is 0 Å². The van der Waals surface area contributed by atoms with Gasteiger partial charge in [-0.2, -0.15) is 0 Å². The monoisotopic (exact) mass is 204 g/mol. The minimum atomic E-state index is -0.553. The largest absolute Gasteiger partial charge is 0.481 e. The Morgan fingerprint density at radius 2 is 1.77 bits per heavy atom. The summed E-state index contributed by atoms with van der Waals surface area (Å²) in [6.45, 7) is 0. The zero-order chi connectivity index (χ0) is 8.60. The van der Waals surface area contributed by atoms with E-state index in [0.717, 1.165) is 6.42 Å².